The van der Waals surface area contributed by atoms with E-state index in [0.717, 1.165) is 47.5 Å². The van der Waals surface area contributed by atoms with Gasteiger partial charge in [0.2, 0.25) is 5.91 Å². The Labute approximate surface area is 239 Å². The van der Waals surface area contributed by atoms with Crippen LogP contribution in [0.15, 0.2) is 30.3 Å². The Hall–Kier alpha value is -3.10. The van der Waals surface area contributed by atoms with Gasteiger partial charge in [-0.25, -0.2) is 5.84 Å². The topological polar surface area (TPSA) is 116 Å². The molecule has 2 fully saturated rings. The van der Waals surface area contributed by atoms with Crippen molar-refractivity contribution in [1.29, 1.82) is 0 Å². The van der Waals surface area contributed by atoms with E-state index >= 15 is 0 Å². The molecule has 0 aromatic heterocycles. The summed E-state index contributed by atoms with van der Waals surface area (Å²) in [7, 11) is 1.73. The predicted octanol–water partition coefficient (Wildman–Crippen LogP) is 4.52. The lowest BCUT2D eigenvalue weighted by atomic mass is 9.69. The normalized spacial score (nSPS) is 18.9. The number of aryl methyl sites for hydroxylation is 1. The monoisotopic (exact) mass is 549 g/mol. The second kappa shape index (κ2) is 11.1. The molecule has 0 spiro atoms. The van der Waals surface area contributed by atoms with Crippen LogP contribution in [0, 0.1) is 30.6 Å². The molecule has 0 bridgehead atoms. The predicted molar refractivity (Wildman–Crippen MR) is 161 cm³/mol. The van der Waals surface area contributed by atoms with Crippen molar-refractivity contribution in [3.05, 3.63) is 58.1 Å². The first-order chi connectivity index (χ1) is 18.6. The standard InChI is InChI=1S/C32H47N5O3/c1-20-8-11-23(28(32(5,6)30(39)40)25-12-13-26(35(7)34)29(33)21(25)2)14-24(20)16-36-17-27(38)37(15-22-9-10-22)19-31(3,4)18-36/h8,11-14,22,28H,9-10,15-19,33-34H2,1-7H3,(H,39,40). The number of carbonyl (C=O) groups excluding carboxylic acids is 1. The van der Waals surface area contributed by atoms with Crippen LogP contribution in [0.25, 0.3) is 0 Å². The van der Waals surface area contributed by atoms with Crippen molar-refractivity contribution < 1.29 is 14.7 Å². The van der Waals surface area contributed by atoms with Gasteiger partial charge in [0.05, 0.1) is 23.3 Å². The van der Waals surface area contributed by atoms with Crippen LogP contribution in [0.4, 0.5) is 11.4 Å². The molecule has 2 aliphatic rings. The lowest BCUT2D eigenvalue weighted by molar-refractivity contribution is -0.147. The van der Waals surface area contributed by atoms with Crippen LogP contribution in [0.2, 0.25) is 0 Å². The van der Waals surface area contributed by atoms with Gasteiger partial charge in [-0.2, -0.15) is 0 Å². The molecular weight excluding hydrogens is 502 g/mol. The van der Waals surface area contributed by atoms with Crippen molar-refractivity contribution in [2.45, 2.75) is 66.8 Å². The molecule has 1 aliphatic heterocycles. The Morgan fingerprint density at radius 2 is 1.85 bits per heavy atom. The number of carboxylic acid groups (broad SMARTS) is 1. The molecule has 8 nitrogen and oxygen atoms in total. The average Bonchev–Trinajstić information content (AvgIpc) is 3.67. The van der Waals surface area contributed by atoms with Gasteiger partial charge in [-0.15, -0.1) is 0 Å². The van der Waals surface area contributed by atoms with E-state index in [4.69, 9.17) is 11.6 Å². The summed E-state index contributed by atoms with van der Waals surface area (Å²) in [5, 5.41) is 11.8. The number of carboxylic acids is 1. The summed E-state index contributed by atoms with van der Waals surface area (Å²) >= 11 is 0. The highest BCUT2D eigenvalue weighted by atomic mass is 16.4. The largest absolute Gasteiger partial charge is 0.481 e. The molecule has 218 valence electrons. The second-order valence-electron chi connectivity index (χ2n) is 13.5. The molecule has 1 atom stereocenters. The summed E-state index contributed by atoms with van der Waals surface area (Å²) in [6.45, 7) is 15.5. The third kappa shape index (κ3) is 6.28. The third-order valence-electron chi connectivity index (χ3n) is 8.76. The molecule has 40 heavy (non-hydrogen) atoms. The summed E-state index contributed by atoms with van der Waals surface area (Å²) in [5.74, 6) is 5.52. The van der Waals surface area contributed by atoms with Crippen LogP contribution in [-0.2, 0) is 16.1 Å². The van der Waals surface area contributed by atoms with Crippen LogP contribution >= 0.6 is 0 Å². The molecule has 1 amide bonds. The number of hydrogen-bond acceptors (Lipinski definition) is 6. The van der Waals surface area contributed by atoms with Gasteiger partial charge in [0.15, 0.2) is 0 Å². The van der Waals surface area contributed by atoms with Gasteiger partial charge in [-0.1, -0.05) is 38.1 Å². The number of benzene rings is 2. The average molecular weight is 550 g/mol. The lowest BCUT2D eigenvalue weighted by Crippen LogP contribution is -2.39. The van der Waals surface area contributed by atoms with Gasteiger partial charge < -0.3 is 20.7 Å². The number of hydrazine groups is 1. The molecule has 4 rings (SSSR count). The summed E-state index contributed by atoms with van der Waals surface area (Å²) < 4.78 is 0. The van der Waals surface area contributed by atoms with Crippen molar-refractivity contribution in [3.8, 4) is 0 Å². The van der Waals surface area contributed by atoms with Gasteiger partial charge >= 0.3 is 5.97 Å². The smallest absolute Gasteiger partial charge is 0.310 e. The van der Waals surface area contributed by atoms with Gasteiger partial charge in [0, 0.05) is 39.1 Å². The van der Waals surface area contributed by atoms with Crippen LogP contribution in [0.3, 0.4) is 0 Å². The van der Waals surface area contributed by atoms with E-state index in [0.29, 0.717) is 30.4 Å². The molecule has 2 aromatic rings. The van der Waals surface area contributed by atoms with E-state index in [1.165, 1.54) is 17.9 Å². The first kappa shape index (κ1) is 29.9. The van der Waals surface area contributed by atoms with Gasteiger partial charge in [0.25, 0.3) is 0 Å². The van der Waals surface area contributed by atoms with Crippen LogP contribution in [0.5, 0.6) is 0 Å². The zero-order valence-electron chi connectivity index (χ0n) is 25.3. The Bertz CT molecular complexity index is 1280. The fourth-order valence-corrected chi connectivity index (χ4v) is 6.24. The Morgan fingerprint density at radius 3 is 2.45 bits per heavy atom. The van der Waals surface area contributed by atoms with Gasteiger partial charge in [0.1, 0.15) is 0 Å². The first-order valence-electron chi connectivity index (χ1n) is 14.3. The van der Waals surface area contributed by atoms with Crippen LogP contribution in [0.1, 0.15) is 74.3 Å². The molecule has 8 heteroatoms. The molecule has 2 aromatic carbocycles. The summed E-state index contributed by atoms with van der Waals surface area (Å²) in [4.78, 5) is 30.2. The maximum Gasteiger partial charge on any atom is 0.310 e. The molecule has 5 N–H and O–H groups in total. The minimum Gasteiger partial charge on any atom is -0.481 e. The Kier molecular flexibility index (Phi) is 8.25. The number of aliphatic carboxylic acids is 1. The number of hydrogen-bond donors (Lipinski definition) is 3. The summed E-state index contributed by atoms with van der Waals surface area (Å²) in [6, 6.07) is 10.0. The minimum atomic E-state index is -1.11. The van der Waals surface area contributed by atoms with Gasteiger partial charge in [-0.05, 0) is 85.8 Å². The Balaban J connectivity index is 1.71. The van der Waals surface area contributed by atoms with E-state index in [1.54, 1.807) is 20.9 Å². The van der Waals surface area contributed by atoms with Crippen LogP contribution in [-0.4, -0.2) is 60.0 Å². The Morgan fingerprint density at radius 1 is 1.18 bits per heavy atom. The molecule has 0 radical (unpaired) electrons. The van der Waals surface area contributed by atoms with E-state index in [9.17, 15) is 14.7 Å². The zero-order chi connectivity index (χ0) is 29.6. The number of carbonyl (C=O) groups is 2. The number of rotatable bonds is 9. The zero-order valence-corrected chi connectivity index (χ0v) is 25.3. The van der Waals surface area contributed by atoms with Gasteiger partial charge in [-0.3, -0.25) is 14.5 Å². The molecule has 1 aliphatic carbocycles. The SMILES string of the molecule is Cc1ccc(C(c2ccc(N(C)N)c(N)c2C)C(C)(C)C(=O)O)cc1CN1CC(=O)N(CC2CC2)CC(C)(C)C1. The van der Waals surface area contributed by atoms with E-state index in [1.807, 2.05) is 25.1 Å². The van der Waals surface area contributed by atoms with Crippen LogP contribution < -0.4 is 16.6 Å². The number of anilines is 2. The fourth-order valence-electron chi connectivity index (χ4n) is 6.24. The molecule has 1 heterocycles. The van der Waals surface area contributed by atoms with Crippen molar-refractivity contribution in [1.82, 2.24) is 9.80 Å². The third-order valence-corrected chi connectivity index (χ3v) is 8.76. The number of amides is 1. The fraction of sp³-hybridized carbons (Fsp3) is 0.562. The number of nitrogen functional groups attached to an aromatic ring is 1. The molecule has 1 saturated heterocycles. The first-order valence-corrected chi connectivity index (χ1v) is 14.3. The second-order valence-corrected chi connectivity index (χ2v) is 13.5. The lowest BCUT2D eigenvalue weighted by Gasteiger charge is -2.34. The maximum absolute atomic E-state index is 13.3. The van der Waals surface area contributed by atoms with E-state index < -0.39 is 17.3 Å². The molecular formula is C32H47N5O3. The van der Waals surface area contributed by atoms with Crippen molar-refractivity contribution >= 4 is 23.3 Å². The maximum atomic E-state index is 13.3. The van der Waals surface area contributed by atoms with Crippen molar-refractivity contribution in [3.63, 3.8) is 0 Å². The highest BCUT2D eigenvalue weighted by Crippen LogP contribution is 2.45. The van der Waals surface area contributed by atoms with Crippen molar-refractivity contribution in [2.24, 2.45) is 22.6 Å². The summed E-state index contributed by atoms with van der Waals surface area (Å²) in [5.41, 5.74) is 11.4. The minimum absolute atomic E-state index is 0.0209. The van der Waals surface area contributed by atoms with Crippen molar-refractivity contribution in [2.75, 3.05) is 44.0 Å². The number of nitrogens with zero attached hydrogens (tertiary/aromatic N) is 3. The molecule has 1 unspecified atom stereocenters. The number of nitrogens with two attached hydrogens (primary N) is 2. The van der Waals surface area contributed by atoms with E-state index in [-0.39, 0.29) is 11.3 Å². The highest BCUT2D eigenvalue weighted by molar-refractivity contribution is 5.79. The highest BCUT2D eigenvalue weighted by Gasteiger charge is 2.41. The molecule has 1 saturated carbocycles. The summed E-state index contributed by atoms with van der Waals surface area (Å²) in [6.07, 6.45) is 2.45. The van der Waals surface area contributed by atoms with E-state index in [2.05, 4.69) is 42.7 Å². The quantitative estimate of drug-likeness (QED) is 0.239.